The topological polar surface area (TPSA) is 116 Å². The highest BCUT2D eigenvalue weighted by Crippen LogP contribution is 2.39. The van der Waals surface area contributed by atoms with Crippen LogP contribution in [0.25, 0.3) is 0 Å². The zero-order valence-electron chi connectivity index (χ0n) is 22.6. The maximum Gasteiger partial charge on any atom is 0.337 e. The molecule has 2 aromatic rings. The number of ether oxygens (including phenoxy) is 4. The van der Waals surface area contributed by atoms with Crippen LogP contribution in [0.1, 0.15) is 19.4 Å². The van der Waals surface area contributed by atoms with Crippen LogP contribution in [0.5, 0.6) is 17.2 Å². The molecule has 4 rings (SSSR count). The van der Waals surface area contributed by atoms with E-state index < -0.39 is 23.8 Å². The molecule has 2 aliphatic heterocycles. The van der Waals surface area contributed by atoms with Crippen LogP contribution in [0.3, 0.4) is 0 Å². The van der Waals surface area contributed by atoms with Gasteiger partial charge in [-0.1, -0.05) is 12.1 Å². The number of nitrogens with zero attached hydrogens (tertiary/aromatic N) is 2. The van der Waals surface area contributed by atoms with E-state index in [1.807, 2.05) is 12.1 Å². The van der Waals surface area contributed by atoms with Crippen LogP contribution in [-0.4, -0.2) is 61.8 Å². The largest absolute Gasteiger partial charge is 1.00 e. The Bertz CT molecular complexity index is 1390. The molecule has 2 aromatic carbocycles. The van der Waals surface area contributed by atoms with Gasteiger partial charge in [-0.3, -0.25) is 14.5 Å². The van der Waals surface area contributed by atoms with Crippen molar-refractivity contribution >= 4 is 40.4 Å². The second-order valence-corrected chi connectivity index (χ2v) is 9.50. The fraction of sp³-hybridized carbons (Fsp3) is 0.286. The molecule has 0 saturated carbocycles. The Balaban J connectivity index is 0.00000441. The van der Waals surface area contributed by atoms with Crippen LogP contribution in [0.15, 0.2) is 69.7 Å². The van der Waals surface area contributed by atoms with E-state index in [2.05, 4.69) is 10.3 Å². The highest BCUT2D eigenvalue weighted by Gasteiger charge is 2.42. The normalized spacial score (nSPS) is 16.2. The van der Waals surface area contributed by atoms with E-state index in [1.54, 1.807) is 51.3 Å². The fourth-order valence-electron chi connectivity index (χ4n) is 4.38. The molecule has 1 atom stereocenters. The number of benzene rings is 2. The van der Waals surface area contributed by atoms with E-state index in [1.165, 1.54) is 25.2 Å². The number of nitrogens with one attached hydrogen (secondary N) is 1. The van der Waals surface area contributed by atoms with E-state index in [-0.39, 0.29) is 40.5 Å². The average Bonchev–Trinajstić information content (AvgIpc) is 2.92. The molecule has 1 N–H and O–H groups in total. The van der Waals surface area contributed by atoms with Gasteiger partial charge in [-0.25, -0.2) is 9.79 Å². The van der Waals surface area contributed by atoms with Gasteiger partial charge >= 0.3 is 5.97 Å². The minimum Gasteiger partial charge on any atom is -1.00 e. The number of fused-ring (bicyclic) bond motifs is 1. The molecule has 12 heteroatoms. The van der Waals surface area contributed by atoms with Crippen molar-refractivity contribution in [2.24, 2.45) is 4.99 Å². The maximum atomic E-state index is 13.5. The number of amidine groups is 1. The third-order valence-electron chi connectivity index (χ3n) is 6.16. The van der Waals surface area contributed by atoms with E-state index in [0.29, 0.717) is 33.8 Å². The number of para-hydroxylation sites is 1. The first-order chi connectivity index (χ1) is 18.8. The van der Waals surface area contributed by atoms with Gasteiger partial charge < -0.3 is 41.2 Å². The number of amides is 2. The van der Waals surface area contributed by atoms with Crippen molar-refractivity contribution in [2.75, 3.05) is 33.3 Å². The summed E-state index contributed by atoms with van der Waals surface area (Å²) in [5, 5.41) is 3.08. The number of thioether (sulfide) groups is 1. The minimum absolute atomic E-state index is 0. The number of hydrogen-bond acceptors (Lipinski definition) is 9. The number of anilines is 1. The van der Waals surface area contributed by atoms with E-state index in [0.717, 1.165) is 17.3 Å². The summed E-state index contributed by atoms with van der Waals surface area (Å²) in [6, 6.07) is 11.5. The molecule has 0 fully saturated rings. The molecule has 0 radical (unpaired) electrons. The Labute approximate surface area is 247 Å². The zero-order chi connectivity index (χ0) is 28.1. The summed E-state index contributed by atoms with van der Waals surface area (Å²) in [5.41, 5.74) is 1.94. The third-order valence-corrected chi connectivity index (χ3v) is 7.16. The summed E-state index contributed by atoms with van der Waals surface area (Å²) in [6.45, 7) is 3.57. The number of aliphatic imine (C=N–C) groups is 1. The first-order valence-corrected chi connectivity index (χ1v) is 13.0. The molecule has 10 nitrogen and oxygen atoms in total. The molecule has 2 heterocycles. The zero-order valence-corrected chi connectivity index (χ0v) is 25.1. The number of hydrogen-bond donors (Lipinski definition) is 1. The smallest absolute Gasteiger partial charge is 0.337 e. The second kappa shape index (κ2) is 13.5. The van der Waals surface area contributed by atoms with Crippen LogP contribution in [-0.2, 0) is 25.5 Å². The van der Waals surface area contributed by atoms with Crippen molar-refractivity contribution in [1.29, 1.82) is 0 Å². The highest BCUT2D eigenvalue weighted by molar-refractivity contribution is 8.18. The Morgan fingerprint density at radius 1 is 1.05 bits per heavy atom. The summed E-state index contributed by atoms with van der Waals surface area (Å²) < 4.78 is 21.5. The predicted molar refractivity (Wildman–Crippen MR) is 148 cm³/mol. The highest BCUT2D eigenvalue weighted by atomic mass is 79.9. The van der Waals surface area contributed by atoms with Gasteiger partial charge in [0.05, 0.1) is 50.2 Å². The van der Waals surface area contributed by atoms with E-state index in [9.17, 15) is 14.4 Å². The summed E-state index contributed by atoms with van der Waals surface area (Å²) >= 11 is 1.05. The molecule has 1 unspecified atom stereocenters. The van der Waals surface area contributed by atoms with Gasteiger partial charge in [-0.15, -0.1) is 0 Å². The lowest BCUT2D eigenvalue weighted by Crippen LogP contribution is -3.00. The molecular formula is C28H29BrN3O7S-. The van der Waals surface area contributed by atoms with Crippen LogP contribution in [0.4, 0.5) is 5.69 Å². The van der Waals surface area contributed by atoms with Gasteiger partial charge in [0.1, 0.15) is 5.75 Å². The molecule has 0 saturated heterocycles. The number of carbonyl (C=O) groups excluding carboxylic acids is 3. The molecular weight excluding hydrogens is 602 g/mol. The number of methoxy groups -OCH3 is 3. The van der Waals surface area contributed by atoms with Crippen molar-refractivity contribution in [2.45, 2.75) is 26.3 Å². The van der Waals surface area contributed by atoms with Crippen molar-refractivity contribution in [3.05, 3.63) is 70.3 Å². The molecule has 2 aliphatic rings. The summed E-state index contributed by atoms with van der Waals surface area (Å²) in [7, 11) is 4.62. The van der Waals surface area contributed by atoms with Gasteiger partial charge in [-0.2, -0.15) is 0 Å². The summed E-state index contributed by atoms with van der Waals surface area (Å²) in [6.07, 6.45) is 1.47. The van der Waals surface area contributed by atoms with Gasteiger partial charge in [0, 0.05) is 23.7 Å². The lowest BCUT2D eigenvalue weighted by Gasteiger charge is -2.38. The third kappa shape index (κ3) is 6.34. The molecule has 2 amide bonds. The van der Waals surface area contributed by atoms with Crippen molar-refractivity contribution in [1.82, 2.24) is 4.90 Å². The van der Waals surface area contributed by atoms with Crippen molar-refractivity contribution < 1.29 is 50.3 Å². The Hall–Kier alpha value is -3.77. The Kier molecular flexibility index (Phi) is 10.4. The van der Waals surface area contributed by atoms with E-state index >= 15 is 0 Å². The van der Waals surface area contributed by atoms with Crippen LogP contribution >= 0.6 is 11.8 Å². The number of carbonyl (C=O) groups is 3. The van der Waals surface area contributed by atoms with Crippen LogP contribution < -0.4 is 36.5 Å². The van der Waals surface area contributed by atoms with Gasteiger partial charge in [0.15, 0.2) is 16.7 Å². The first-order valence-electron chi connectivity index (χ1n) is 12.2. The quantitative estimate of drug-likeness (QED) is 0.407. The SMILES string of the molecule is CCOC(=O)C1=C(C)N=C2SC(C(=O)Nc3ccc(OC)cc3)=CC(=O)N2C1Cc1cccc(OC)c1OC.[Br-]. The molecule has 40 heavy (non-hydrogen) atoms. The summed E-state index contributed by atoms with van der Waals surface area (Å²) in [4.78, 5) is 45.7. The minimum atomic E-state index is -0.750. The second-order valence-electron chi connectivity index (χ2n) is 8.49. The first kappa shape index (κ1) is 30.8. The Morgan fingerprint density at radius 2 is 1.77 bits per heavy atom. The number of rotatable bonds is 9. The van der Waals surface area contributed by atoms with Gasteiger partial charge in [-0.05, 0) is 55.9 Å². The van der Waals surface area contributed by atoms with Gasteiger partial charge in [0.25, 0.3) is 11.8 Å². The lowest BCUT2D eigenvalue weighted by molar-refractivity contribution is -0.139. The monoisotopic (exact) mass is 630 g/mol. The number of halogens is 1. The fourth-order valence-corrected chi connectivity index (χ4v) is 5.38. The Morgan fingerprint density at radius 3 is 2.40 bits per heavy atom. The van der Waals surface area contributed by atoms with Crippen molar-refractivity contribution in [3.8, 4) is 17.2 Å². The van der Waals surface area contributed by atoms with Crippen LogP contribution in [0.2, 0.25) is 0 Å². The van der Waals surface area contributed by atoms with Crippen LogP contribution in [0, 0.1) is 0 Å². The molecule has 212 valence electrons. The average molecular weight is 632 g/mol. The summed E-state index contributed by atoms with van der Waals surface area (Å²) in [5.74, 6) is 0.180. The van der Waals surface area contributed by atoms with E-state index in [4.69, 9.17) is 18.9 Å². The number of esters is 1. The lowest BCUT2D eigenvalue weighted by atomic mass is 9.94. The van der Waals surface area contributed by atoms with Crippen molar-refractivity contribution in [3.63, 3.8) is 0 Å². The maximum absolute atomic E-state index is 13.5. The van der Waals surface area contributed by atoms with Gasteiger partial charge in [0.2, 0.25) is 0 Å². The standard InChI is InChI=1S/C28H29N3O7S.BrH/c1-6-38-27(34)24-16(2)29-28-31(20(24)14-17-8-7-9-21(36-4)25(17)37-5)23(32)15-22(39-28)26(33)30-18-10-12-19(35-3)13-11-18;/h7-13,15,20H,6,14H2,1-5H3,(H,30,33);1H/p-1. The number of allylic oxidation sites excluding steroid dienone is 1. The molecule has 0 aromatic heterocycles. The molecule has 0 bridgehead atoms. The molecule has 0 spiro atoms. The molecule has 0 aliphatic carbocycles. The predicted octanol–water partition coefficient (Wildman–Crippen LogP) is 0.932.